The van der Waals surface area contributed by atoms with E-state index in [4.69, 9.17) is 9.84 Å². The SMILES string of the molecule is CC(C)C(C)NC(=O)NC1COCC1C(=O)O. The Morgan fingerprint density at radius 2 is 1.94 bits per heavy atom. The number of ether oxygens (including phenoxy) is 1. The van der Waals surface area contributed by atoms with Crippen LogP contribution in [0.5, 0.6) is 0 Å². The first-order valence-electron chi connectivity index (χ1n) is 5.79. The first-order chi connectivity index (χ1) is 7.91. The number of hydrogen-bond acceptors (Lipinski definition) is 3. The van der Waals surface area contributed by atoms with Crippen LogP contribution in [0.4, 0.5) is 4.79 Å². The fraction of sp³-hybridized carbons (Fsp3) is 0.818. The molecule has 0 aromatic carbocycles. The third-order valence-electron chi connectivity index (χ3n) is 3.07. The van der Waals surface area contributed by atoms with Gasteiger partial charge < -0.3 is 20.5 Å². The molecule has 1 fully saturated rings. The summed E-state index contributed by atoms with van der Waals surface area (Å²) < 4.78 is 5.06. The minimum atomic E-state index is -0.940. The number of carbonyl (C=O) groups excluding carboxylic acids is 1. The fourth-order valence-electron chi connectivity index (χ4n) is 1.52. The number of amides is 2. The molecule has 3 N–H and O–H groups in total. The first-order valence-corrected chi connectivity index (χ1v) is 5.79. The van der Waals surface area contributed by atoms with Gasteiger partial charge in [-0.05, 0) is 12.8 Å². The second-order valence-corrected chi connectivity index (χ2v) is 4.74. The molecule has 1 heterocycles. The van der Waals surface area contributed by atoms with E-state index < -0.39 is 17.9 Å². The maximum absolute atomic E-state index is 11.6. The number of urea groups is 1. The fourth-order valence-corrected chi connectivity index (χ4v) is 1.52. The largest absolute Gasteiger partial charge is 0.481 e. The van der Waals surface area contributed by atoms with E-state index in [1.54, 1.807) is 0 Å². The lowest BCUT2D eigenvalue weighted by Gasteiger charge is -2.21. The Morgan fingerprint density at radius 3 is 2.47 bits per heavy atom. The van der Waals surface area contributed by atoms with Crippen LogP contribution in [0, 0.1) is 11.8 Å². The molecule has 98 valence electrons. The number of rotatable bonds is 4. The summed E-state index contributed by atoms with van der Waals surface area (Å²) in [5.41, 5.74) is 0. The summed E-state index contributed by atoms with van der Waals surface area (Å²) in [6.45, 7) is 6.32. The highest BCUT2D eigenvalue weighted by atomic mass is 16.5. The first kappa shape index (κ1) is 13.8. The van der Waals surface area contributed by atoms with Crippen LogP contribution in [0.25, 0.3) is 0 Å². The van der Waals surface area contributed by atoms with Crippen LogP contribution in [-0.2, 0) is 9.53 Å². The van der Waals surface area contributed by atoms with Gasteiger partial charge in [-0.2, -0.15) is 0 Å². The maximum Gasteiger partial charge on any atom is 0.315 e. The molecular formula is C11H20N2O4. The molecule has 0 spiro atoms. The molecule has 1 saturated heterocycles. The number of carboxylic acid groups (broad SMARTS) is 1. The van der Waals surface area contributed by atoms with Crippen LogP contribution < -0.4 is 10.6 Å². The highest BCUT2D eigenvalue weighted by Gasteiger charge is 2.35. The topological polar surface area (TPSA) is 87.7 Å². The van der Waals surface area contributed by atoms with E-state index >= 15 is 0 Å². The van der Waals surface area contributed by atoms with Crippen LogP contribution in [0.15, 0.2) is 0 Å². The molecule has 3 atom stereocenters. The molecule has 2 amide bonds. The second kappa shape index (κ2) is 5.86. The van der Waals surface area contributed by atoms with E-state index in [-0.39, 0.29) is 25.3 Å². The minimum Gasteiger partial charge on any atom is -0.481 e. The molecule has 1 rings (SSSR count). The zero-order valence-corrected chi connectivity index (χ0v) is 10.4. The second-order valence-electron chi connectivity index (χ2n) is 4.74. The average Bonchev–Trinajstić information content (AvgIpc) is 2.65. The average molecular weight is 244 g/mol. The van der Waals surface area contributed by atoms with E-state index in [0.717, 1.165) is 0 Å². The normalized spacial score (nSPS) is 25.6. The van der Waals surface area contributed by atoms with E-state index in [2.05, 4.69) is 10.6 Å². The Labute approximate surface area is 101 Å². The lowest BCUT2D eigenvalue weighted by atomic mass is 10.0. The molecule has 1 aliphatic heterocycles. The summed E-state index contributed by atoms with van der Waals surface area (Å²) in [5.74, 6) is -1.27. The number of nitrogens with one attached hydrogen (secondary N) is 2. The van der Waals surface area contributed by atoms with Gasteiger partial charge in [0.25, 0.3) is 0 Å². The van der Waals surface area contributed by atoms with Crippen molar-refractivity contribution >= 4 is 12.0 Å². The third-order valence-corrected chi connectivity index (χ3v) is 3.07. The van der Waals surface area contributed by atoms with Crippen molar-refractivity contribution in [1.29, 1.82) is 0 Å². The van der Waals surface area contributed by atoms with Crippen LogP contribution in [-0.4, -0.2) is 42.4 Å². The molecule has 3 unspecified atom stereocenters. The van der Waals surface area contributed by atoms with Crippen LogP contribution in [0.3, 0.4) is 0 Å². The monoisotopic (exact) mass is 244 g/mol. The van der Waals surface area contributed by atoms with Crippen molar-refractivity contribution in [3.63, 3.8) is 0 Å². The summed E-state index contributed by atoms with van der Waals surface area (Å²) in [4.78, 5) is 22.5. The van der Waals surface area contributed by atoms with Gasteiger partial charge in [-0.25, -0.2) is 4.79 Å². The quantitative estimate of drug-likeness (QED) is 0.669. The molecule has 6 heteroatoms. The van der Waals surface area contributed by atoms with Crippen LogP contribution >= 0.6 is 0 Å². The van der Waals surface area contributed by atoms with Gasteiger partial charge in [0.1, 0.15) is 5.92 Å². The van der Waals surface area contributed by atoms with Crippen molar-refractivity contribution < 1.29 is 19.4 Å². The molecule has 0 aromatic heterocycles. The van der Waals surface area contributed by atoms with E-state index in [0.29, 0.717) is 5.92 Å². The molecule has 0 saturated carbocycles. The Morgan fingerprint density at radius 1 is 1.29 bits per heavy atom. The van der Waals surface area contributed by atoms with Gasteiger partial charge in [0, 0.05) is 6.04 Å². The smallest absolute Gasteiger partial charge is 0.315 e. The molecule has 6 nitrogen and oxygen atoms in total. The van der Waals surface area contributed by atoms with Gasteiger partial charge in [-0.1, -0.05) is 13.8 Å². The summed E-state index contributed by atoms with van der Waals surface area (Å²) in [6, 6.07) is -0.750. The van der Waals surface area contributed by atoms with Gasteiger partial charge in [0.05, 0.1) is 19.3 Å². The van der Waals surface area contributed by atoms with Gasteiger partial charge in [0.2, 0.25) is 0 Å². The summed E-state index contributed by atoms with van der Waals surface area (Å²) >= 11 is 0. The molecule has 0 bridgehead atoms. The number of aliphatic carboxylic acids is 1. The molecule has 0 radical (unpaired) electrons. The van der Waals surface area contributed by atoms with Gasteiger partial charge >= 0.3 is 12.0 Å². The molecule has 1 aliphatic rings. The zero-order chi connectivity index (χ0) is 13.0. The third kappa shape index (κ3) is 3.89. The molecule has 0 aromatic rings. The Balaban J connectivity index is 2.43. The summed E-state index contributed by atoms with van der Waals surface area (Å²) in [6.07, 6.45) is 0. The number of carbonyl (C=O) groups is 2. The predicted octanol–water partition coefficient (Wildman–Crippen LogP) is 0.430. The van der Waals surface area contributed by atoms with Crippen molar-refractivity contribution in [2.24, 2.45) is 11.8 Å². The lowest BCUT2D eigenvalue weighted by molar-refractivity contribution is -0.142. The van der Waals surface area contributed by atoms with E-state index in [9.17, 15) is 9.59 Å². The van der Waals surface area contributed by atoms with E-state index in [1.165, 1.54) is 0 Å². The van der Waals surface area contributed by atoms with Crippen molar-refractivity contribution in [1.82, 2.24) is 10.6 Å². The minimum absolute atomic E-state index is 0.0422. The van der Waals surface area contributed by atoms with Crippen molar-refractivity contribution in [2.75, 3.05) is 13.2 Å². The zero-order valence-electron chi connectivity index (χ0n) is 10.4. The van der Waals surface area contributed by atoms with Crippen molar-refractivity contribution in [3.8, 4) is 0 Å². The number of carboxylic acids is 1. The maximum atomic E-state index is 11.6. The van der Waals surface area contributed by atoms with Crippen molar-refractivity contribution in [3.05, 3.63) is 0 Å². The Bertz CT molecular complexity index is 293. The van der Waals surface area contributed by atoms with Crippen molar-refractivity contribution in [2.45, 2.75) is 32.9 Å². The van der Waals surface area contributed by atoms with Crippen LogP contribution in [0.2, 0.25) is 0 Å². The summed E-state index contributed by atoms with van der Waals surface area (Å²) in [5, 5.41) is 14.3. The van der Waals surface area contributed by atoms with Gasteiger partial charge in [0.15, 0.2) is 0 Å². The molecule has 17 heavy (non-hydrogen) atoms. The van der Waals surface area contributed by atoms with Gasteiger partial charge in [-0.15, -0.1) is 0 Å². The highest BCUT2D eigenvalue weighted by Crippen LogP contribution is 2.13. The number of hydrogen-bond donors (Lipinski definition) is 3. The lowest BCUT2D eigenvalue weighted by Crippen LogP contribution is -2.50. The Kier molecular flexibility index (Phi) is 4.74. The standard InChI is InChI=1S/C11H20N2O4/c1-6(2)7(3)12-11(16)13-9-5-17-4-8(9)10(14)15/h6-9H,4-5H2,1-3H3,(H,14,15)(H2,12,13,16). The summed E-state index contributed by atoms with van der Waals surface area (Å²) in [7, 11) is 0. The highest BCUT2D eigenvalue weighted by molar-refractivity contribution is 5.77. The van der Waals surface area contributed by atoms with E-state index in [1.807, 2.05) is 20.8 Å². The molecule has 0 aliphatic carbocycles. The Hall–Kier alpha value is -1.30. The van der Waals surface area contributed by atoms with Crippen LogP contribution in [0.1, 0.15) is 20.8 Å². The molecular weight excluding hydrogens is 224 g/mol. The predicted molar refractivity (Wildman–Crippen MR) is 61.7 cm³/mol. The van der Waals surface area contributed by atoms with Gasteiger partial charge in [-0.3, -0.25) is 4.79 Å².